The van der Waals surface area contributed by atoms with Crippen molar-refractivity contribution < 1.29 is 31.2 Å². The Hall–Kier alpha value is -0.310. The lowest BCUT2D eigenvalue weighted by Gasteiger charge is -2.22. The van der Waals surface area contributed by atoms with Crippen LogP contribution in [0.15, 0.2) is 0 Å². The van der Waals surface area contributed by atoms with Gasteiger partial charge in [-0.05, 0) is 6.92 Å². The Morgan fingerprint density at radius 3 is 2.31 bits per heavy atom. The van der Waals surface area contributed by atoms with Crippen LogP contribution in [0.2, 0.25) is 0 Å². The lowest BCUT2D eigenvalue weighted by atomic mass is 10.6. The number of ether oxygens (including phenoxy) is 2. The van der Waals surface area contributed by atoms with Crippen LogP contribution in [-0.2, 0) is 19.6 Å². The number of methoxy groups -OCH3 is 1. The van der Waals surface area contributed by atoms with Gasteiger partial charge < -0.3 is 14.0 Å². The fourth-order valence-corrected chi connectivity index (χ4v) is 0.762. The molecule has 8 heteroatoms. The van der Waals surface area contributed by atoms with Gasteiger partial charge in [0.1, 0.15) is 16.7 Å². The zero-order chi connectivity index (χ0) is 10.7. The lowest BCUT2D eigenvalue weighted by Crippen LogP contribution is -2.34. The standard InChI is InChI=1S/C5H10F2O5S/c1-4(13(8,9)10)12-5(6,7)3-11-2/h4H,3H2,1-2H3,(H,8,9,10)/p-1. The smallest absolute Gasteiger partial charge is 0.380 e. The molecule has 0 aliphatic carbocycles. The van der Waals surface area contributed by atoms with E-state index in [1.807, 2.05) is 0 Å². The third-order valence-electron chi connectivity index (χ3n) is 1.06. The summed E-state index contributed by atoms with van der Waals surface area (Å²) in [5.41, 5.74) is -2.10. The molecule has 1 unspecified atom stereocenters. The largest absolute Gasteiger partial charge is 0.746 e. The second kappa shape index (κ2) is 4.27. The number of hydrogen-bond acceptors (Lipinski definition) is 5. The van der Waals surface area contributed by atoms with Crippen LogP contribution in [0.5, 0.6) is 0 Å². The summed E-state index contributed by atoms with van der Waals surface area (Å²) in [6.07, 6.45) is -3.77. The van der Waals surface area contributed by atoms with Gasteiger partial charge in [-0.1, -0.05) is 0 Å². The van der Waals surface area contributed by atoms with Crippen molar-refractivity contribution in [1.82, 2.24) is 0 Å². The van der Waals surface area contributed by atoms with Gasteiger partial charge in [0, 0.05) is 7.11 Å². The topological polar surface area (TPSA) is 75.7 Å². The molecule has 13 heavy (non-hydrogen) atoms. The molecule has 0 aromatic rings. The van der Waals surface area contributed by atoms with Crippen LogP contribution in [0.1, 0.15) is 6.92 Å². The first-order chi connectivity index (χ1) is 5.69. The van der Waals surface area contributed by atoms with Crippen molar-refractivity contribution in [3.05, 3.63) is 0 Å². The minimum absolute atomic E-state index is 0.728. The quantitative estimate of drug-likeness (QED) is 0.614. The van der Waals surface area contributed by atoms with E-state index in [0.29, 0.717) is 0 Å². The fraction of sp³-hybridized carbons (Fsp3) is 1.00. The predicted molar refractivity (Wildman–Crippen MR) is 37.1 cm³/mol. The van der Waals surface area contributed by atoms with E-state index >= 15 is 0 Å². The minimum Gasteiger partial charge on any atom is -0.746 e. The summed E-state index contributed by atoms with van der Waals surface area (Å²) in [6, 6.07) is 0. The van der Waals surface area contributed by atoms with Crippen LogP contribution in [0.25, 0.3) is 0 Å². The van der Waals surface area contributed by atoms with Crippen molar-refractivity contribution in [3.63, 3.8) is 0 Å². The molecule has 0 aromatic heterocycles. The molecular formula is C5H9F2O5S-. The molecule has 0 bridgehead atoms. The van der Waals surface area contributed by atoms with Gasteiger partial charge in [0.15, 0.2) is 5.44 Å². The molecule has 0 aliphatic heterocycles. The SMILES string of the molecule is COCC(F)(F)OC(C)S(=O)(=O)[O-]. The number of rotatable bonds is 5. The molecule has 0 spiro atoms. The van der Waals surface area contributed by atoms with Crippen molar-refractivity contribution >= 4 is 10.1 Å². The molecule has 5 nitrogen and oxygen atoms in total. The summed E-state index contributed by atoms with van der Waals surface area (Å²) >= 11 is 0. The average Bonchev–Trinajstić information content (AvgIpc) is 1.83. The first kappa shape index (κ1) is 12.7. The van der Waals surface area contributed by atoms with Crippen molar-refractivity contribution in [2.45, 2.75) is 18.5 Å². The van der Waals surface area contributed by atoms with Crippen LogP contribution in [0.3, 0.4) is 0 Å². The Morgan fingerprint density at radius 2 is 2.00 bits per heavy atom. The maximum atomic E-state index is 12.5. The summed E-state index contributed by atoms with van der Waals surface area (Å²) in [5.74, 6) is 0. The Balaban J connectivity index is 4.28. The van der Waals surface area contributed by atoms with Gasteiger partial charge in [-0.2, -0.15) is 8.78 Å². The van der Waals surface area contributed by atoms with Crippen molar-refractivity contribution in [2.75, 3.05) is 13.7 Å². The molecule has 0 radical (unpaired) electrons. The summed E-state index contributed by atoms with van der Waals surface area (Å²) in [4.78, 5) is 0. The lowest BCUT2D eigenvalue weighted by molar-refractivity contribution is -0.267. The molecule has 80 valence electrons. The predicted octanol–water partition coefficient (Wildman–Crippen LogP) is 0.133. The highest BCUT2D eigenvalue weighted by Gasteiger charge is 2.34. The summed E-state index contributed by atoms with van der Waals surface area (Å²) < 4.78 is 63.1. The van der Waals surface area contributed by atoms with Gasteiger partial charge in [0.05, 0.1) is 0 Å². The van der Waals surface area contributed by atoms with Crippen molar-refractivity contribution in [3.8, 4) is 0 Å². The zero-order valence-corrected chi connectivity index (χ0v) is 7.81. The van der Waals surface area contributed by atoms with E-state index in [9.17, 15) is 21.8 Å². The Morgan fingerprint density at radius 1 is 1.54 bits per heavy atom. The average molecular weight is 219 g/mol. The van der Waals surface area contributed by atoms with Crippen LogP contribution in [0.4, 0.5) is 8.78 Å². The third kappa shape index (κ3) is 5.09. The zero-order valence-electron chi connectivity index (χ0n) is 6.99. The molecule has 0 amide bonds. The Kier molecular flexibility index (Phi) is 4.17. The van der Waals surface area contributed by atoms with Gasteiger partial charge >= 0.3 is 6.11 Å². The number of alkyl halides is 2. The van der Waals surface area contributed by atoms with E-state index in [1.54, 1.807) is 0 Å². The van der Waals surface area contributed by atoms with Crippen LogP contribution in [0, 0.1) is 0 Å². The third-order valence-corrected chi connectivity index (χ3v) is 1.97. The van der Waals surface area contributed by atoms with E-state index in [1.165, 1.54) is 0 Å². The van der Waals surface area contributed by atoms with Crippen LogP contribution in [-0.4, -0.2) is 38.2 Å². The van der Waals surface area contributed by atoms with E-state index < -0.39 is 28.3 Å². The van der Waals surface area contributed by atoms with E-state index in [-0.39, 0.29) is 0 Å². The fourth-order valence-electron chi connectivity index (χ4n) is 0.504. The summed E-state index contributed by atoms with van der Waals surface area (Å²) in [6.45, 7) is -0.376. The second-order valence-electron chi connectivity index (χ2n) is 2.25. The monoisotopic (exact) mass is 219 g/mol. The molecule has 0 fully saturated rings. The van der Waals surface area contributed by atoms with Crippen molar-refractivity contribution in [2.24, 2.45) is 0 Å². The highest BCUT2D eigenvalue weighted by molar-refractivity contribution is 7.86. The molecule has 0 saturated heterocycles. The van der Waals surface area contributed by atoms with Crippen molar-refractivity contribution in [1.29, 1.82) is 0 Å². The number of halogens is 2. The molecule has 1 atom stereocenters. The van der Waals surface area contributed by atoms with Crippen LogP contribution >= 0.6 is 0 Å². The highest BCUT2D eigenvalue weighted by Crippen LogP contribution is 2.19. The van der Waals surface area contributed by atoms with Gasteiger partial charge in [-0.3, -0.25) is 0 Å². The van der Waals surface area contributed by atoms with Gasteiger partial charge in [-0.15, -0.1) is 0 Å². The maximum Gasteiger partial charge on any atom is 0.380 e. The molecule has 0 saturated carbocycles. The molecular weight excluding hydrogens is 210 g/mol. The molecule has 0 heterocycles. The first-order valence-electron chi connectivity index (χ1n) is 3.18. The molecule has 0 aromatic carbocycles. The van der Waals surface area contributed by atoms with E-state index in [0.717, 1.165) is 14.0 Å². The summed E-state index contributed by atoms with van der Waals surface area (Å²) in [5, 5.41) is 0. The normalized spacial score (nSPS) is 15.8. The Labute approximate surface area is 74.4 Å². The summed E-state index contributed by atoms with van der Waals surface area (Å²) in [7, 11) is -3.87. The highest BCUT2D eigenvalue weighted by atomic mass is 32.2. The molecule has 0 N–H and O–H groups in total. The number of hydrogen-bond donors (Lipinski definition) is 0. The maximum absolute atomic E-state index is 12.5. The van der Waals surface area contributed by atoms with E-state index in [2.05, 4.69) is 9.47 Å². The van der Waals surface area contributed by atoms with E-state index in [4.69, 9.17) is 0 Å². The van der Waals surface area contributed by atoms with Gasteiger partial charge in [-0.25, -0.2) is 8.42 Å². The molecule has 0 aliphatic rings. The molecule has 0 rings (SSSR count). The first-order valence-corrected chi connectivity index (χ1v) is 4.65. The van der Waals surface area contributed by atoms with Gasteiger partial charge in [0.2, 0.25) is 0 Å². The second-order valence-corrected chi connectivity index (χ2v) is 3.90. The van der Waals surface area contributed by atoms with Gasteiger partial charge in [0.25, 0.3) is 0 Å². The minimum atomic E-state index is -4.86. The Bertz CT molecular complexity index is 250. The van der Waals surface area contributed by atoms with Crippen LogP contribution < -0.4 is 0 Å².